The highest BCUT2D eigenvalue weighted by Gasteiger charge is 2.37. The summed E-state index contributed by atoms with van der Waals surface area (Å²) in [6, 6.07) is 6.11. The van der Waals surface area contributed by atoms with Crippen molar-refractivity contribution in [3.63, 3.8) is 0 Å². The molecule has 0 saturated heterocycles. The van der Waals surface area contributed by atoms with Gasteiger partial charge in [-0.15, -0.1) is 0 Å². The van der Waals surface area contributed by atoms with Crippen molar-refractivity contribution < 1.29 is 19.1 Å². The number of methoxy groups -OCH3 is 2. The van der Waals surface area contributed by atoms with E-state index in [-0.39, 0.29) is 5.91 Å². The first kappa shape index (κ1) is 15.1. The first-order chi connectivity index (χ1) is 11.1. The van der Waals surface area contributed by atoms with Gasteiger partial charge in [0.15, 0.2) is 0 Å². The Morgan fingerprint density at radius 1 is 1.26 bits per heavy atom. The summed E-state index contributed by atoms with van der Waals surface area (Å²) in [6.45, 7) is 0.292. The number of H-pyrrole nitrogens is 1. The molecule has 0 unspecified atom stereocenters. The van der Waals surface area contributed by atoms with Crippen molar-refractivity contribution in [2.45, 2.75) is 19.0 Å². The van der Waals surface area contributed by atoms with Gasteiger partial charge < -0.3 is 19.4 Å². The van der Waals surface area contributed by atoms with Crippen molar-refractivity contribution in [1.82, 2.24) is 14.9 Å². The molecule has 2 heterocycles. The first-order valence-corrected chi connectivity index (χ1v) is 7.18. The molecule has 0 fully saturated rings. The number of nitrogens with one attached hydrogen (secondary N) is 1. The second-order valence-electron chi connectivity index (χ2n) is 5.23. The Bertz CT molecular complexity index is 723. The fraction of sp³-hybridized carbons (Fsp3) is 0.312. The molecule has 0 aliphatic carbocycles. The molecule has 3 rings (SSSR count). The second kappa shape index (κ2) is 6.12. The van der Waals surface area contributed by atoms with Gasteiger partial charge in [0.05, 0.1) is 38.5 Å². The summed E-state index contributed by atoms with van der Waals surface area (Å²) in [5.41, 5.74) is 2.12. The lowest BCUT2D eigenvalue weighted by Gasteiger charge is -2.33. The Hall–Kier alpha value is -2.83. The average Bonchev–Trinajstić information content (AvgIpc) is 3.06. The third kappa shape index (κ3) is 2.77. The number of imidazole rings is 1. The van der Waals surface area contributed by atoms with Crippen LogP contribution in [0.3, 0.4) is 0 Å². The van der Waals surface area contributed by atoms with Crippen LogP contribution in [0, 0.1) is 0 Å². The van der Waals surface area contributed by atoms with Crippen LogP contribution in [0.1, 0.15) is 21.7 Å². The highest BCUT2D eigenvalue weighted by Crippen LogP contribution is 2.24. The highest BCUT2D eigenvalue weighted by atomic mass is 16.5. The monoisotopic (exact) mass is 315 g/mol. The number of esters is 1. The predicted molar refractivity (Wildman–Crippen MR) is 81.0 cm³/mol. The second-order valence-corrected chi connectivity index (χ2v) is 5.23. The van der Waals surface area contributed by atoms with Gasteiger partial charge in [-0.2, -0.15) is 0 Å². The molecule has 1 aromatic heterocycles. The van der Waals surface area contributed by atoms with Gasteiger partial charge in [0.2, 0.25) is 0 Å². The standard InChI is InChI=1S/C16H17N3O4/c1-22-11-5-3-10(4-6-11)15(20)19-8-13-12(17-9-18-13)7-14(19)16(21)23-2/h3-6,9,14H,7-8H2,1-2H3,(H,17,18)/t14-/m0/s1. The van der Waals surface area contributed by atoms with E-state index in [2.05, 4.69) is 9.97 Å². The molecule has 0 saturated carbocycles. The van der Waals surface area contributed by atoms with Crippen LogP contribution in [0.25, 0.3) is 0 Å². The molecule has 0 spiro atoms. The fourth-order valence-corrected chi connectivity index (χ4v) is 2.70. The Labute approximate surface area is 133 Å². The molecule has 7 nitrogen and oxygen atoms in total. The van der Waals surface area contributed by atoms with Crippen LogP contribution < -0.4 is 4.74 Å². The third-order valence-corrected chi connectivity index (χ3v) is 3.97. The largest absolute Gasteiger partial charge is 0.497 e. The minimum absolute atomic E-state index is 0.233. The number of fused-ring (bicyclic) bond motifs is 1. The molecule has 1 aromatic carbocycles. The van der Waals surface area contributed by atoms with Gasteiger partial charge in [-0.25, -0.2) is 9.78 Å². The van der Waals surface area contributed by atoms with Gasteiger partial charge in [0.1, 0.15) is 11.8 Å². The Morgan fingerprint density at radius 2 is 2.00 bits per heavy atom. The number of hydrogen-bond acceptors (Lipinski definition) is 5. The lowest BCUT2D eigenvalue weighted by Crippen LogP contribution is -2.49. The molecule has 0 radical (unpaired) electrons. The molecule has 120 valence electrons. The van der Waals surface area contributed by atoms with Crippen molar-refractivity contribution >= 4 is 11.9 Å². The normalized spacial score (nSPS) is 16.6. The van der Waals surface area contributed by atoms with Crippen LogP contribution in [0.5, 0.6) is 5.75 Å². The zero-order valence-corrected chi connectivity index (χ0v) is 12.9. The molecule has 23 heavy (non-hydrogen) atoms. The number of nitrogens with zero attached hydrogens (tertiary/aromatic N) is 2. The smallest absolute Gasteiger partial charge is 0.329 e. The molecule has 1 aliphatic rings. The number of carbonyl (C=O) groups is 2. The van der Waals surface area contributed by atoms with E-state index in [0.29, 0.717) is 24.3 Å². The SMILES string of the molecule is COC(=O)[C@@H]1Cc2nc[nH]c2CN1C(=O)c1ccc(OC)cc1. The van der Waals surface area contributed by atoms with Gasteiger partial charge in [-0.1, -0.05) is 0 Å². The van der Waals surface area contributed by atoms with E-state index in [1.807, 2.05) is 0 Å². The van der Waals surface area contributed by atoms with Crippen LogP contribution in [-0.4, -0.2) is 47.0 Å². The van der Waals surface area contributed by atoms with Crippen molar-refractivity contribution in [3.05, 3.63) is 47.5 Å². The van der Waals surface area contributed by atoms with E-state index >= 15 is 0 Å². The lowest BCUT2D eigenvalue weighted by atomic mass is 10.0. The fourth-order valence-electron chi connectivity index (χ4n) is 2.70. The van der Waals surface area contributed by atoms with Crippen molar-refractivity contribution in [3.8, 4) is 5.75 Å². The third-order valence-electron chi connectivity index (χ3n) is 3.97. The molecule has 7 heteroatoms. The number of ether oxygens (including phenoxy) is 2. The molecule has 0 bridgehead atoms. The van der Waals surface area contributed by atoms with Gasteiger partial charge in [0, 0.05) is 12.0 Å². The topological polar surface area (TPSA) is 84.5 Å². The number of aromatic nitrogens is 2. The quantitative estimate of drug-likeness (QED) is 0.859. The van der Waals surface area contributed by atoms with Crippen LogP contribution in [0.15, 0.2) is 30.6 Å². The number of aromatic amines is 1. The van der Waals surface area contributed by atoms with Crippen LogP contribution in [-0.2, 0) is 22.5 Å². The molecular formula is C16H17N3O4. The first-order valence-electron chi connectivity index (χ1n) is 7.18. The van der Waals surface area contributed by atoms with E-state index < -0.39 is 12.0 Å². The number of carbonyl (C=O) groups excluding carboxylic acids is 2. The van der Waals surface area contributed by atoms with E-state index in [9.17, 15) is 9.59 Å². The Morgan fingerprint density at radius 3 is 2.65 bits per heavy atom. The zero-order chi connectivity index (χ0) is 16.4. The molecule has 2 aromatic rings. The summed E-state index contributed by atoms with van der Waals surface area (Å²) < 4.78 is 9.94. The summed E-state index contributed by atoms with van der Waals surface area (Å²) in [5.74, 6) is -0.00983. The molecule has 1 aliphatic heterocycles. The minimum Gasteiger partial charge on any atom is -0.497 e. The number of hydrogen-bond donors (Lipinski definition) is 1. The molecule has 1 amide bonds. The van der Waals surface area contributed by atoms with E-state index in [0.717, 1.165) is 11.4 Å². The summed E-state index contributed by atoms with van der Waals surface area (Å²) in [5, 5.41) is 0. The van der Waals surface area contributed by atoms with Gasteiger partial charge >= 0.3 is 5.97 Å². The predicted octanol–water partition coefficient (Wildman–Crippen LogP) is 1.16. The van der Waals surface area contributed by atoms with Gasteiger partial charge in [0.25, 0.3) is 5.91 Å². The van der Waals surface area contributed by atoms with Crippen molar-refractivity contribution in [2.75, 3.05) is 14.2 Å². The average molecular weight is 315 g/mol. The molecular weight excluding hydrogens is 298 g/mol. The summed E-state index contributed by atoms with van der Waals surface area (Å²) in [6.07, 6.45) is 1.91. The maximum absolute atomic E-state index is 12.8. The van der Waals surface area contributed by atoms with Crippen LogP contribution in [0.4, 0.5) is 0 Å². The van der Waals surface area contributed by atoms with Crippen molar-refractivity contribution in [1.29, 1.82) is 0 Å². The Kier molecular flexibility index (Phi) is 4.01. The number of rotatable bonds is 3. The van der Waals surface area contributed by atoms with Crippen LogP contribution >= 0.6 is 0 Å². The molecule has 1 atom stereocenters. The number of amides is 1. The van der Waals surface area contributed by atoms with E-state index in [1.165, 1.54) is 12.0 Å². The van der Waals surface area contributed by atoms with Gasteiger partial charge in [-0.3, -0.25) is 4.79 Å². The summed E-state index contributed by atoms with van der Waals surface area (Å²) >= 11 is 0. The minimum atomic E-state index is -0.676. The summed E-state index contributed by atoms with van der Waals surface area (Å²) in [7, 11) is 2.88. The van der Waals surface area contributed by atoms with Gasteiger partial charge in [-0.05, 0) is 24.3 Å². The van der Waals surface area contributed by atoms with E-state index in [4.69, 9.17) is 9.47 Å². The summed E-state index contributed by atoms with van der Waals surface area (Å²) in [4.78, 5) is 33.6. The van der Waals surface area contributed by atoms with Crippen molar-refractivity contribution in [2.24, 2.45) is 0 Å². The zero-order valence-electron chi connectivity index (χ0n) is 12.9. The highest BCUT2D eigenvalue weighted by molar-refractivity contribution is 5.97. The lowest BCUT2D eigenvalue weighted by molar-refractivity contribution is -0.146. The maximum atomic E-state index is 12.8. The number of benzene rings is 1. The van der Waals surface area contributed by atoms with E-state index in [1.54, 1.807) is 37.7 Å². The Balaban J connectivity index is 1.90. The van der Waals surface area contributed by atoms with Crippen LogP contribution in [0.2, 0.25) is 0 Å². The maximum Gasteiger partial charge on any atom is 0.329 e. The molecule has 1 N–H and O–H groups in total.